The number of hydrogen-bond acceptors (Lipinski definition) is 3. The van der Waals surface area contributed by atoms with Crippen LogP contribution in [-0.2, 0) is 9.53 Å². The zero-order valence-corrected chi connectivity index (χ0v) is 15.8. The Kier molecular flexibility index (Phi) is 5.36. The summed E-state index contributed by atoms with van der Waals surface area (Å²) in [7, 11) is 0. The van der Waals surface area contributed by atoms with Gasteiger partial charge in [-0.3, -0.25) is 4.79 Å². The van der Waals surface area contributed by atoms with Crippen LogP contribution in [0.25, 0.3) is 5.69 Å². The lowest BCUT2D eigenvalue weighted by Crippen LogP contribution is -2.42. The molecule has 0 aliphatic carbocycles. The van der Waals surface area contributed by atoms with E-state index in [1.807, 2.05) is 64.3 Å². The van der Waals surface area contributed by atoms with Crippen molar-refractivity contribution in [2.24, 2.45) is 0 Å². The number of hydrogen-bond donors (Lipinski definition) is 1. The molecular weight excluding hydrogens is 316 g/mol. The van der Waals surface area contributed by atoms with Crippen molar-refractivity contribution in [1.29, 1.82) is 0 Å². The van der Waals surface area contributed by atoms with Gasteiger partial charge in [-0.2, -0.15) is 0 Å². The Labute approximate surface area is 149 Å². The summed E-state index contributed by atoms with van der Waals surface area (Å²) < 4.78 is 7.19. The largest absolute Gasteiger partial charge is 0.452 e. The standard InChI is InChI=1S/C20H26N2O3/c1-13-8-7-9-16(10-13)22-14(2)11-17(15(22)3)19(24)25-12-18(23)21-20(4,5)6/h7-11H,12H2,1-6H3,(H,21,23). The molecule has 0 bridgehead atoms. The molecule has 5 nitrogen and oxygen atoms in total. The molecule has 25 heavy (non-hydrogen) atoms. The Bertz CT molecular complexity index is 798. The highest BCUT2D eigenvalue weighted by Gasteiger charge is 2.20. The minimum atomic E-state index is -0.490. The maximum absolute atomic E-state index is 12.4. The summed E-state index contributed by atoms with van der Waals surface area (Å²) in [5, 5.41) is 2.77. The minimum absolute atomic E-state index is 0.287. The van der Waals surface area contributed by atoms with Crippen LogP contribution in [0, 0.1) is 20.8 Å². The molecule has 0 radical (unpaired) electrons. The third-order valence-corrected chi connectivity index (χ3v) is 3.76. The number of carbonyl (C=O) groups excluding carboxylic acids is 2. The first-order valence-electron chi connectivity index (χ1n) is 8.32. The number of esters is 1. The molecule has 0 aliphatic rings. The van der Waals surface area contributed by atoms with E-state index in [9.17, 15) is 9.59 Å². The first-order valence-corrected chi connectivity index (χ1v) is 8.32. The van der Waals surface area contributed by atoms with Crippen molar-refractivity contribution in [3.8, 4) is 5.69 Å². The molecule has 0 spiro atoms. The molecule has 0 saturated heterocycles. The van der Waals surface area contributed by atoms with Crippen LogP contribution in [-0.4, -0.2) is 28.6 Å². The highest BCUT2D eigenvalue weighted by atomic mass is 16.5. The zero-order valence-electron chi connectivity index (χ0n) is 15.8. The fourth-order valence-electron chi connectivity index (χ4n) is 2.80. The number of amides is 1. The van der Waals surface area contributed by atoms with Crippen LogP contribution in [0.4, 0.5) is 0 Å². The van der Waals surface area contributed by atoms with Gasteiger partial charge in [0.15, 0.2) is 6.61 Å². The monoisotopic (exact) mass is 342 g/mol. The fraction of sp³-hybridized carbons (Fsp3) is 0.400. The van der Waals surface area contributed by atoms with E-state index in [1.165, 1.54) is 0 Å². The summed E-state index contributed by atoms with van der Waals surface area (Å²) in [6.45, 7) is 11.2. The molecule has 0 atom stereocenters. The Balaban J connectivity index is 2.17. The lowest BCUT2D eigenvalue weighted by molar-refractivity contribution is -0.125. The van der Waals surface area contributed by atoms with Gasteiger partial charge in [-0.1, -0.05) is 12.1 Å². The van der Waals surface area contributed by atoms with E-state index in [0.29, 0.717) is 5.56 Å². The summed E-state index contributed by atoms with van der Waals surface area (Å²) >= 11 is 0. The van der Waals surface area contributed by atoms with Gasteiger partial charge in [0, 0.05) is 22.6 Å². The molecule has 134 valence electrons. The van der Waals surface area contributed by atoms with Crippen LogP contribution in [0.1, 0.15) is 48.1 Å². The molecule has 2 rings (SSSR count). The second kappa shape index (κ2) is 7.13. The summed E-state index contributed by atoms with van der Waals surface area (Å²) in [4.78, 5) is 24.2. The van der Waals surface area contributed by atoms with E-state index in [2.05, 4.69) is 11.4 Å². The quantitative estimate of drug-likeness (QED) is 0.866. The SMILES string of the molecule is Cc1cccc(-n2c(C)cc(C(=O)OCC(=O)NC(C)(C)C)c2C)c1. The van der Waals surface area contributed by atoms with Gasteiger partial charge in [0.1, 0.15) is 0 Å². The number of carbonyl (C=O) groups is 2. The predicted octanol–water partition coefficient (Wildman–Crippen LogP) is 3.47. The molecule has 1 heterocycles. The van der Waals surface area contributed by atoms with Crippen molar-refractivity contribution in [3.63, 3.8) is 0 Å². The van der Waals surface area contributed by atoms with Crippen LogP contribution >= 0.6 is 0 Å². The third kappa shape index (κ3) is 4.72. The van der Waals surface area contributed by atoms with Gasteiger partial charge in [-0.25, -0.2) is 4.79 Å². The predicted molar refractivity (Wildman–Crippen MR) is 98.2 cm³/mol. The Hall–Kier alpha value is -2.56. The van der Waals surface area contributed by atoms with Gasteiger partial charge >= 0.3 is 5.97 Å². The number of aryl methyl sites for hydroxylation is 2. The number of benzene rings is 1. The van der Waals surface area contributed by atoms with Gasteiger partial charge in [0.05, 0.1) is 5.56 Å². The number of nitrogens with one attached hydrogen (secondary N) is 1. The van der Waals surface area contributed by atoms with E-state index in [0.717, 1.165) is 22.6 Å². The van der Waals surface area contributed by atoms with Gasteiger partial charge in [0.25, 0.3) is 5.91 Å². The molecule has 2 aromatic rings. The summed E-state index contributed by atoms with van der Waals surface area (Å²) in [6, 6.07) is 9.87. The molecular formula is C20H26N2O3. The third-order valence-electron chi connectivity index (χ3n) is 3.76. The number of aromatic nitrogens is 1. The van der Waals surface area contributed by atoms with Crippen molar-refractivity contribution >= 4 is 11.9 Å². The van der Waals surface area contributed by atoms with Gasteiger partial charge in [-0.05, 0) is 65.3 Å². The molecule has 0 aliphatic heterocycles. The van der Waals surface area contributed by atoms with Crippen LogP contribution in [0.15, 0.2) is 30.3 Å². The van der Waals surface area contributed by atoms with Crippen molar-refractivity contribution < 1.29 is 14.3 Å². The highest BCUT2D eigenvalue weighted by Crippen LogP contribution is 2.22. The van der Waals surface area contributed by atoms with Gasteiger partial charge in [0.2, 0.25) is 0 Å². The van der Waals surface area contributed by atoms with Crippen molar-refractivity contribution in [1.82, 2.24) is 9.88 Å². The average Bonchev–Trinajstić information content (AvgIpc) is 2.78. The number of nitrogens with zero attached hydrogens (tertiary/aromatic N) is 1. The first kappa shape index (κ1) is 18.8. The molecule has 0 saturated carbocycles. The lowest BCUT2D eigenvalue weighted by atomic mass is 10.1. The second-order valence-corrected chi connectivity index (χ2v) is 7.33. The van der Waals surface area contributed by atoms with Crippen LogP contribution in [0.2, 0.25) is 0 Å². The van der Waals surface area contributed by atoms with E-state index in [1.54, 1.807) is 6.07 Å². The van der Waals surface area contributed by atoms with Crippen LogP contribution < -0.4 is 5.32 Å². The van der Waals surface area contributed by atoms with Gasteiger partial charge < -0.3 is 14.6 Å². The molecule has 0 fully saturated rings. The topological polar surface area (TPSA) is 60.3 Å². The molecule has 1 amide bonds. The minimum Gasteiger partial charge on any atom is -0.452 e. The van der Waals surface area contributed by atoms with E-state index < -0.39 is 5.97 Å². The Morgan fingerprint density at radius 2 is 1.80 bits per heavy atom. The highest BCUT2D eigenvalue weighted by molar-refractivity contribution is 5.93. The van der Waals surface area contributed by atoms with Crippen molar-refractivity contribution in [2.45, 2.75) is 47.1 Å². The molecule has 1 aromatic heterocycles. The number of rotatable bonds is 4. The maximum Gasteiger partial charge on any atom is 0.340 e. The smallest absolute Gasteiger partial charge is 0.340 e. The number of ether oxygens (including phenoxy) is 1. The fourth-order valence-corrected chi connectivity index (χ4v) is 2.80. The summed E-state index contributed by atoms with van der Waals surface area (Å²) in [5.41, 5.74) is 4.00. The van der Waals surface area contributed by atoms with E-state index >= 15 is 0 Å². The van der Waals surface area contributed by atoms with E-state index in [-0.39, 0.29) is 18.1 Å². The Morgan fingerprint density at radius 1 is 1.12 bits per heavy atom. The van der Waals surface area contributed by atoms with Gasteiger partial charge in [-0.15, -0.1) is 0 Å². The second-order valence-electron chi connectivity index (χ2n) is 7.33. The normalized spacial score (nSPS) is 11.3. The van der Waals surface area contributed by atoms with Crippen LogP contribution in [0.3, 0.4) is 0 Å². The molecule has 1 N–H and O–H groups in total. The van der Waals surface area contributed by atoms with E-state index in [4.69, 9.17) is 4.74 Å². The summed E-state index contributed by atoms with van der Waals surface area (Å²) in [6.07, 6.45) is 0. The van der Waals surface area contributed by atoms with Crippen LogP contribution in [0.5, 0.6) is 0 Å². The average molecular weight is 342 g/mol. The summed E-state index contributed by atoms with van der Waals surface area (Å²) in [5.74, 6) is -0.801. The molecule has 0 unspecified atom stereocenters. The van der Waals surface area contributed by atoms with Crippen molar-refractivity contribution in [3.05, 3.63) is 52.8 Å². The Morgan fingerprint density at radius 3 is 2.40 bits per heavy atom. The first-order chi connectivity index (χ1) is 11.6. The lowest BCUT2D eigenvalue weighted by Gasteiger charge is -2.20. The maximum atomic E-state index is 12.4. The molecule has 5 heteroatoms. The molecule has 1 aromatic carbocycles. The zero-order chi connectivity index (χ0) is 18.8. The van der Waals surface area contributed by atoms with Crippen molar-refractivity contribution in [2.75, 3.05) is 6.61 Å².